The van der Waals surface area contributed by atoms with Gasteiger partial charge in [-0.25, -0.2) is 4.79 Å². The van der Waals surface area contributed by atoms with E-state index in [4.69, 9.17) is 4.74 Å². The first kappa shape index (κ1) is 19.5. The minimum atomic E-state index is -1.85. The van der Waals surface area contributed by atoms with E-state index in [2.05, 4.69) is 0 Å². The number of hydrogen-bond acceptors (Lipinski definition) is 6. The van der Waals surface area contributed by atoms with Gasteiger partial charge in [-0.2, -0.15) is 0 Å². The van der Waals surface area contributed by atoms with Crippen LogP contribution in [0.4, 0.5) is 0 Å². The zero-order valence-corrected chi connectivity index (χ0v) is 13.5. The molecule has 0 radical (unpaired) electrons. The van der Waals surface area contributed by atoms with Crippen molar-refractivity contribution in [3.05, 3.63) is 0 Å². The highest BCUT2D eigenvalue weighted by atomic mass is 16.6. The molecule has 0 aromatic rings. The summed E-state index contributed by atoms with van der Waals surface area (Å²) in [5.74, 6) is -3.55. The second-order valence-corrected chi connectivity index (χ2v) is 6.61. The van der Waals surface area contributed by atoms with Crippen LogP contribution < -0.4 is 5.11 Å². The fourth-order valence-electron chi connectivity index (χ4n) is 2.14. The lowest BCUT2D eigenvalue weighted by Crippen LogP contribution is -2.60. The first-order chi connectivity index (χ1) is 9.30. The van der Waals surface area contributed by atoms with E-state index in [1.54, 1.807) is 35.0 Å². The Morgan fingerprint density at radius 3 is 1.95 bits per heavy atom. The third kappa shape index (κ3) is 6.22. The van der Waals surface area contributed by atoms with Gasteiger partial charge < -0.3 is 24.2 Å². The Morgan fingerprint density at radius 1 is 1.19 bits per heavy atom. The second kappa shape index (κ2) is 7.00. The molecule has 0 aromatic heterocycles. The number of rotatable bonds is 8. The Kier molecular flexibility index (Phi) is 6.51. The molecular formula is C14H25NO6. The van der Waals surface area contributed by atoms with Gasteiger partial charge in [-0.05, 0) is 6.92 Å². The van der Waals surface area contributed by atoms with Crippen molar-refractivity contribution >= 4 is 17.7 Å². The first-order valence-electron chi connectivity index (χ1n) is 6.76. The molecular weight excluding hydrogens is 278 g/mol. The number of quaternary nitrogens is 1. The third-order valence-electron chi connectivity index (χ3n) is 2.77. The van der Waals surface area contributed by atoms with Gasteiger partial charge in [0, 0.05) is 18.3 Å². The summed E-state index contributed by atoms with van der Waals surface area (Å²) in [7, 11) is 5.23. The fraction of sp³-hybridized carbons (Fsp3) is 0.786. The maximum absolute atomic E-state index is 12.5. The molecule has 7 heteroatoms. The lowest BCUT2D eigenvalue weighted by molar-refractivity contribution is -0.875. The van der Waals surface area contributed by atoms with Crippen molar-refractivity contribution in [2.45, 2.75) is 38.9 Å². The molecule has 0 spiro atoms. The second-order valence-electron chi connectivity index (χ2n) is 6.61. The fourth-order valence-corrected chi connectivity index (χ4v) is 2.14. The van der Waals surface area contributed by atoms with Gasteiger partial charge in [0.2, 0.25) is 5.60 Å². The van der Waals surface area contributed by atoms with Crippen LogP contribution in [0.2, 0.25) is 0 Å². The van der Waals surface area contributed by atoms with Crippen LogP contribution in [0, 0.1) is 5.92 Å². The highest BCUT2D eigenvalue weighted by molar-refractivity contribution is 5.94. The third-order valence-corrected chi connectivity index (χ3v) is 2.77. The van der Waals surface area contributed by atoms with Crippen LogP contribution in [0.25, 0.3) is 0 Å². The van der Waals surface area contributed by atoms with Gasteiger partial charge in [0.25, 0.3) is 0 Å². The summed E-state index contributed by atoms with van der Waals surface area (Å²) in [4.78, 5) is 35.2. The largest absolute Gasteiger partial charge is 0.550 e. The molecule has 0 aliphatic rings. The molecule has 0 aliphatic carbocycles. The standard InChI is InChI=1S/C14H25NO6/c1-9(2)12(19)14(7-11(17)18,8-15(4,5)6)21-13(20)10(3)16/h9-10,16H,7-8H2,1-6H3. The molecule has 0 aliphatic heterocycles. The SMILES string of the molecule is CC(C)C(=O)C(CC(=O)[O-])(C[N+](C)(C)C)OC(=O)C(C)O. The number of carboxylic acid groups (broad SMARTS) is 1. The predicted molar refractivity (Wildman–Crippen MR) is 72.9 cm³/mol. The quantitative estimate of drug-likeness (QED) is 0.442. The summed E-state index contributed by atoms with van der Waals surface area (Å²) in [6.07, 6.45) is -2.18. The summed E-state index contributed by atoms with van der Waals surface area (Å²) in [5, 5.41) is 20.3. The molecule has 0 bridgehead atoms. The number of ketones is 1. The molecule has 0 aromatic carbocycles. The van der Waals surface area contributed by atoms with Gasteiger partial charge >= 0.3 is 5.97 Å². The van der Waals surface area contributed by atoms with Crippen LogP contribution in [0.1, 0.15) is 27.2 Å². The number of likely N-dealkylation sites (N-methyl/N-ethyl adjacent to an activating group) is 1. The van der Waals surface area contributed by atoms with Crippen LogP contribution >= 0.6 is 0 Å². The summed E-state index contributed by atoms with van der Waals surface area (Å²) < 4.78 is 5.34. The lowest BCUT2D eigenvalue weighted by Gasteiger charge is -2.39. The maximum atomic E-state index is 12.5. The van der Waals surface area contributed by atoms with Crippen molar-refractivity contribution in [1.82, 2.24) is 0 Å². The highest BCUT2D eigenvalue weighted by Gasteiger charge is 2.48. The van der Waals surface area contributed by atoms with Crippen LogP contribution in [0.3, 0.4) is 0 Å². The monoisotopic (exact) mass is 303 g/mol. The van der Waals surface area contributed by atoms with E-state index in [1.165, 1.54) is 6.92 Å². The molecule has 0 fully saturated rings. The molecule has 2 atom stereocenters. The molecule has 1 N–H and O–H groups in total. The Hall–Kier alpha value is -1.47. The molecule has 0 heterocycles. The van der Waals surface area contributed by atoms with E-state index in [9.17, 15) is 24.6 Å². The molecule has 2 unspecified atom stereocenters. The maximum Gasteiger partial charge on any atom is 0.335 e. The molecule has 7 nitrogen and oxygen atoms in total. The Morgan fingerprint density at radius 2 is 1.67 bits per heavy atom. The summed E-state index contributed by atoms with van der Waals surface area (Å²) in [6, 6.07) is 0. The lowest BCUT2D eigenvalue weighted by atomic mass is 9.86. The van der Waals surface area contributed by atoms with E-state index in [0.717, 1.165) is 0 Å². The van der Waals surface area contributed by atoms with Gasteiger partial charge in [0.15, 0.2) is 5.78 Å². The molecule has 122 valence electrons. The van der Waals surface area contributed by atoms with Crippen LogP contribution in [0.5, 0.6) is 0 Å². The van der Waals surface area contributed by atoms with Crippen molar-refractivity contribution in [2.24, 2.45) is 5.92 Å². The van der Waals surface area contributed by atoms with Crippen LogP contribution in [0.15, 0.2) is 0 Å². The minimum Gasteiger partial charge on any atom is -0.550 e. The number of aliphatic carboxylic acids is 1. The van der Waals surface area contributed by atoms with Crippen molar-refractivity contribution in [3.63, 3.8) is 0 Å². The van der Waals surface area contributed by atoms with Gasteiger partial charge in [-0.15, -0.1) is 0 Å². The number of carbonyl (C=O) groups is 3. The van der Waals surface area contributed by atoms with E-state index < -0.39 is 41.8 Å². The smallest absolute Gasteiger partial charge is 0.335 e. The summed E-state index contributed by atoms with van der Waals surface area (Å²) in [6.45, 7) is 4.35. The number of aliphatic hydroxyl groups is 1. The average molecular weight is 303 g/mol. The normalized spacial score (nSPS) is 16.2. The molecule has 0 amide bonds. The average Bonchev–Trinajstić information content (AvgIpc) is 2.23. The van der Waals surface area contributed by atoms with E-state index >= 15 is 0 Å². The number of nitrogens with zero attached hydrogens (tertiary/aromatic N) is 1. The number of aliphatic hydroxyl groups excluding tert-OH is 1. The number of esters is 1. The van der Waals surface area contributed by atoms with Gasteiger partial charge in [-0.1, -0.05) is 13.8 Å². The Balaban J connectivity index is 5.77. The van der Waals surface area contributed by atoms with Crippen LogP contribution in [-0.4, -0.2) is 66.7 Å². The topological polar surface area (TPSA) is 104 Å². The minimum absolute atomic E-state index is 0.0313. The van der Waals surface area contributed by atoms with E-state index in [-0.39, 0.29) is 11.0 Å². The van der Waals surface area contributed by atoms with E-state index in [0.29, 0.717) is 0 Å². The summed E-state index contributed by atoms with van der Waals surface area (Å²) >= 11 is 0. The molecule has 0 saturated heterocycles. The predicted octanol–water partition coefficient (Wildman–Crippen LogP) is -1.28. The van der Waals surface area contributed by atoms with Gasteiger partial charge in [0.1, 0.15) is 12.6 Å². The van der Waals surface area contributed by atoms with Gasteiger partial charge in [0.05, 0.1) is 21.1 Å². The zero-order chi connectivity index (χ0) is 17.0. The number of hydrogen-bond donors (Lipinski definition) is 1. The van der Waals surface area contributed by atoms with Gasteiger partial charge in [-0.3, -0.25) is 4.79 Å². The van der Waals surface area contributed by atoms with Crippen molar-refractivity contribution in [1.29, 1.82) is 0 Å². The Labute approximate surface area is 125 Å². The Bertz CT molecular complexity index is 410. The number of carboxylic acids is 1. The molecule has 0 rings (SSSR count). The molecule has 21 heavy (non-hydrogen) atoms. The first-order valence-corrected chi connectivity index (χ1v) is 6.76. The number of Topliss-reactive ketones (excluding diaryl/α,β-unsaturated/α-hetero) is 1. The van der Waals surface area contributed by atoms with Crippen LogP contribution in [-0.2, 0) is 19.1 Å². The molecule has 0 saturated carbocycles. The number of carbonyl (C=O) groups excluding carboxylic acids is 3. The van der Waals surface area contributed by atoms with Crippen molar-refractivity contribution in [2.75, 3.05) is 27.7 Å². The van der Waals surface area contributed by atoms with Crippen molar-refractivity contribution in [3.8, 4) is 0 Å². The van der Waals surface area contributed by atoms with Crippen molar-refractivity contribution < 1.29 is 33.8 Å². The van der Waals surface area contributed by atoms with E-state index in [1.807, 2.05) is 0 Å². The highest BCUT2D eigenvalue weighted by Crippen LogP contribution is 2.25. The zero-order valence-electron chi connectivity index (χ0n) is 13.5. The number of ether oxygens (including phenoxy) is 1. The summed E-state index contributed by atoms with van der Waals surface area (Å²) in [5.41, 5.74) is -1.85.